The Hall–Kier alpha value is -4.24. The minimum absolute atomic E-state index is 0.119. The van der Waals surface area contributed by atoms with Crippen molar-refractivity contribution in [2.75, 3.05) is 19.0 Å². The van der Waals surface area contributed by atoms with Crippen LogP contribution < -0.4 is 15.4 Å². The summed E-state index contributed by atoms with van der Waals surface area (Å²) in [5.74, 6) is 0.499. The Morgan fingerprint density at radius 1 is 1.06 bits per heavy atom. The van der Waals surface area contributed by atoms with E-state index >= 15 is 0 Å². The van der Waals surface area contributed by atoms with Crippen LogP contribution in [0.1, 0.15) is 29.9 Å². The van der Waals surface area contributed by atoms with Crippen molar-refractivity contribution in [1.29, 1.82) is 0 Å². The molecule has 0 saturated carbocycles. The number of pyridine rings is 2. The van der Waals surface area contributed by atoms with E-state index < -0.39 is 0 Å². The lowest BCUT2D eigenvalue weighted by atomic mass is 10.0. The Kier molecular flexibility index (Phi) is 6.90. The number of aromatic nitrogens is 3. The summed E-state index contributed by atoms with van der Waals surface area (Å²) in [4.78, 5) is 23.7. The molecule has 1 aromatic carbocycles. The van der Waals surface area contributed by atoms with E-state index in [1.807, 2.05) is 66.9 Å². The molecule has 1 aliphatic heterocycles. The summed E-state index contributed by atoms with van der Waals surface area (Å²) < 4.78 is 7.48. The minimum atomic E-state index is -0.175. The molecule has 2 N–H and O–H groups in total. The van der Waals surface area contributed by atoms with E-state index in [4.69, 9.17) is 17.0 Å². The number of methoxy groups -OCH3 is 1. The maximum absolute atomic E-state index is 12.9. The molecule has 0 spiro atoms. The minimum Gasteiger partial charge on any atom is -0.495 e. The fourth-order valence-corrected chi connectivity index (χ4v) is 4.86. The highest BCUT2D eigenvalue weighted by molar-refractivity contribution is 7.80. The number of carbonyl (C=O) groups is 1. The van der Waals surface area contributed by atoms with Crippen molar-refractivity contribution in [3.8, 4) is 11.4 Å². The van der Waals surface area contributed by atoms with Gasteiger partial charge >= 0.3 is 0 Å². The van der Waals surface area contributed by atoms with Crippen LogP contribution in [0.3, 0.4) is 0 Å². The van der Waals surface area contributed by atoms with Crippen LogP contribution in [0.25, 0.3) is 5.69 Å². The second-order valence-electron chi connectivity index (χ2n) is 8.33. The van der Waals surface area contributed by atoms with E-state index in [2.05, 4.69) is 36.1 Å². The van der Waals surface area contributed by atoms with E-state index in [0.717, 1.165) is 17.1 Å². The zero-order valence-corrected chi connectivity index (χ0v) is 20.6. The van der Waals surface area contributed by atoms with Gasteiger partial charge in [0.2, 0.25) is 5.91 Å². The van der Waals surface area contributed by atoms with Crippen molar-refractivity contribution in [2.24, 2.45) is 0 Å². The van der Waals surface area contributed by atoms with E-state index in [9.17, 15) is 4.79 Å². The number of thiocarbonyl (C=S) groups is 1. The number of nitrogens with one attached hydrogen (secondary N) is 2. The van der Waals surface area contributed by atoms with Crippen molar-refractivity contribution in [1.82, 2.24) is 24.8 Å². The lowest BCUT2D eigenvalue weighted by Gasteiger charge is -2.28. The van der Waals surface area contributed by atoms with Crippen molar-refractivity contribution in [3.63, 3.8) is 0 Å². The van der Waals surface area contributed by atoms with Gasteiger partial charge in [-0.1, -0.05) is 18.2 Å². The van der Waals surface area contributed by atoms with Crippen LogP contribution in [0.2, 0.25) is 0 Å². The molecule has 182 valence electrons. The van der Waals surface area contributed by atoms with Crippen LogP contribution in [0.5, 0.6) is 5.75 Å². The highest BCUT2D eigenvalue weighted by atomic mass is 32.1. The van der Waals surface area contributed by atoms with Crippen LogP contribution in [0.4, 0.5) is 5.69 Å². The van der Waals surface area contributed by atoms with Crippen molar-refractivity contribution in [3.05, 3.63) is 103 Å². The predicted octanol–water partition coefficient (Wildman–Crippen LogP) is 4.28. The molecule has 4 aromatic rings. The average Bonchev–Trinajstić information content (AvgIpc) is 3.53. The second-order valence-corrected chi connectivity index (χ2v) is 8.71. The lowest BCUT2D eigenvalue weighted by molar-refractivity contribution is -0.116. The van der Waals surface area contributed by atoms with E-state index in [1.54, 1.807) is 25.7 Å². The van der Waals surface area contributed by atoms with Crippen molar-refractivity contribution >= 4 is 28.9 Å². The van der Waals surface area contributed by atoms with Gasteiger partial charge in [0.15, 0.2) is 5.11 Å². The molecule has 0 unspecified atom stereocenters. The maximum atomic E-state index is 12.9. The Morgan fingerprint density at radius 2 is 1.86 bits per heavy atom. The number of hydrogen-bond acceptors (Lipinski definition) is 5. The summed E-state index contributed by atoms with van der Waals surface area (Å²) in [6, 6.07) is 20.9. The number of rotatable bonds is 8. The van der Waals surface area contributed by atoms with Gasteiger partial charge in [-0.3, -0.25) is 14.8 Å². The highest BCUT2D eigenvalue weighted by Crippen LogP contribution is 2.39. The fraction of sp³-hybridized carbons (Fsp3) is 0.185. The number of anilines is 1. The summed E-state index contributed by atoms with van der Waals surface area (Å²) in [6.07, 6.45) is 7.59. The standard InChI is InChI=1S/C27H26N6O2S/c1-35-23-10-3-2-7-20(23)30-24(34)13-18-33-26(25(31-27(33)36)21-8-4-5-14-29-21)22-9-6-17-32(22)19-11-15-28-16-12-19/h2-12,14-17,25-26H,13,18H2,1H3,(H,30,34)(H,31,36)/t25-,26-/m0/s1. The van der Waals surface area contributed by atoms with Gasteiger partial charge in [-0.25, -0.2) is 0 Å². The predicted molar refractivity (Wildman–Crippen MR) is 142 cm³/mol. The lowest BCUT2D eigenvalue weighted by Crippen LogP contribution is -2.33. The molecule has 8 nitrogen and oxygen atoms in total. The summed E-state index contributed by atoms with van der Waals surface area (Å²) in [5.41, 5.74) is 3.56. The first kappa shape index (κ1) is 23.5. The Labute approximate surface area is 215 Å². The molecule has 5 rings (SSSR count). The molecular weight excluding hydrogens is 472 g/mol. The largest absolute Gasteiger partial charge is 0.495 e. The Balaban J connectivity index is 1.43. The first-order valence-electron chi connectivity index (χ1n) is 11.6. The zero-order chi connectivity index (χ0) is 24.9. The number of para-hydroxylation sites is 2. The Morgan fingerprint density at radius 3 is 2.64 bits per heavy atom. The molecular formula is C27H26N6O2S. The average molecular weight is 499 g/mol. The van der Waals surface area contributed by atoms with E-state index in [0.29, 0.717) is 23.1 Å². The van der Waals surface area contributed by atoms with Crippen LogP contribution >= 0.6 is 12.2 Å². The molecule has 4 heterocycles. The van der Waals surface area contributed by atoms with Gasteiger partial charge in [-0.05, 0) is 60.7 Å². The first-order valence-corrected chi connectivity index (χ1v) is 12.0. The Bertz CT molecular complexity index is 1340. The molecule has 0 bridgehead atoms. The molecule has 9 heteroatoms. The normalized spacial score (nSPS) is 17.0. The highest BCUT2D eigenvalue weighted by Gasteiger charge is 2.41. The molecule has 36 heavy (non-hydrogen) atoms. The van der Waals surface area contributed by atoms with Gasteiger partial charge in [-0.15, -0.1) is 0 Å². The molecule has 0 radical (unpaired) electrons. The van der Waals surface area contributed by atoms with E-state index in [1.165, 1.54) is 0 Å². The van der Waals surface area contributed by atoms with Gasteiger partial charge < -0.3 is 24.8 Å². The second kappa shape index (κ2) is 10.6. The van der Waals surface area contributed by atoms with Gasteiger partial charge in [0.05, 0.1) is 30.6 Å². The topological polar surface area (TPSA) is 84.3 Å². The molecule has 3 aromatic heterocycles. The van der Waals surface area contributed by atoms with Crippen LogP contribution in [-0.2, 0) is 4.79 Å². The summed E-state index contributed by atoms with van der Waals surface area (Å²) in [7, 11) is 1.58. The number of benzene rings is 1. The molecule has 1 saturated heterocycles. The van der Waals surface area contributed by atoms with Gasteiger partial charge in [0.1, 0.15) is 5.75 Å². The smallest absolute Gasteiger partial charge is 0.226 e. The third kappa shape index (κ3) is 4.78. The molecule has 0 aliphatic carbocycles. The van der Waals surface area contributed by atoms with Gasteiger partial charge in [0, 0.05) is 49.1 Å². The summed E-state index contributed by atoms with van der Waals surface area (Å²) in [5, 5.41) is 6.98. The molecule has 1 aliphatic rings. The van der Waals surface area contributed by atoms with Crippen molar-refractivity contribution in [2.45, 2.75) is 18.5 Å². The number of carbonyl (C=O) groups excluding carboxylic acids is 1. The van der Waals surface area contributed by atoms with Crippen molar-refractivity contribution < 1.29 is 9.53 Å². The summed E-state index contributed by atoms with van der Waals surface area (Å²) in [6.45, 7) is 0.433. The third-order valence-corrected chi connectivity index (χ3v) is 6.54. The fourth-order valence-electron chi connectivity index (χ4n) is 4.53. The van der Waals surface area contributed by atoms with Crippen LogP contribution in [0.15, 0.2) is 91.5 Å². The SMILES string of the molecule is COc1ccccc1NC(=O)CCN1C(=S)N[C@@H](c2ccccn2)[C@@H]1c1cccn1-c1ccncc1. The molecule has 1 amide bonds. The van der Waals surface area contributed by atoms with Crippen LogP contribution in [0, 0.1) is 0 Å². The van der Waals surface area contributed by atoms with Gasteiger partial charge in [0.25, 0.3) is 0 Å². The third-order valence-electron chi connectivity index (χ3n) is 6.18. The van der Waals surface area contributed by atoms with E-state index in [-0.39, 0.29) is 24.4 Å². The van der Waals surface area contributed by atoms with Gasteiger partial charge in [-0.2, -0.15) is 0 Å². The quantitative estimate of drug-likeness (QED) is 0.351. The monoisotopic (exact) mass is 498 g/mol. The molecule has 2 atom stereocenters. The summed E-state index contributed by atoms with van der Waals surface area (Å²) >= 11 is 5.77. The number of ether oxygens (including phenoxy) is 1. The number of amides is 1. The zero-order valence-electron chi connectivity index (χ0n) is 19.7. The first-order chi connectivity index (χ1) is 17.7. The maximum Gasteiger partial charge on any atom is 0.226 e. The number of hydrogen-bond donors (Lipinski definition) is 2. The molecule has 1 fully saturated rings. The van der Waals surface area contributed by atoms with Crippen LogP contribution in [-0.4, -0.2) is 44.1 Å². The number of nitrogens with zero attached hydrogens (tertiary/aromatic N) is 4.